The van der Waals surface area contributed by atoms with Crippen molar-refractivity contribution in [3.05, 3.63) is 0 Å². The van der Waals surface area contributed by atoms with E-state index in [9.17, 15) is 0 Å². The summed E-state index contributed by atoms with van der Waals surface area (Å²) >= 11 is 1.94. The monoisotopic (exact) mass is 201 g/mol. The summed E-state index contributed by atoms with van der Waals surface area (Å²) in [5.41, 5.74) is 0.624. The molecule has 0 bridgehead atoms. The van der Waals surface area contributed by atoms with Gasteiger partial charge in [-0.25, -0.2) is 0 Å². The first-order chi connectivity index (χ1) is 6.27. The highest BCUT2D eigenvalue weighted by Crippen LogP contribution is 2.36. The molecule has 1 aliphatic carbocycles. The van der Waals surface area contributed by atoms with Gasteiger partial charge in [0, 0.05) is 6.54 Å². The van der Waals surface area contributed by atoms with Crippen LogP contribution in [0.15, 0.2) is 0 Å². The largest absolute Gasteiger partial charge is 0.316 e. The molecule has 1 saturated carbocycles. The molecule has 1 rings (SSSR count). The van der Waals surface area contributed by atoms with Gasteiger partial charge in [0.1, 0.15) is 0 Å². The summed E-state index contributed by atoms with van der Waals surface area (Å²) in [4.78, 5) is 0. The molecule has 0 heterocycles. The number of nitrogens with one attached hydrogen (secondary N) is 1. The molecule has 0 spiro atoms. The summed E-state index contributed by atoms with van der Waals surface area (Å²) in [6.07, 6.45) is 9.26. The Morgan fingerprint density at radius 1 is 1.31 bits per heavy atom. The molecule has 1 fully saturated rings. The Balaban J connectivity index is 1.98. The van der Waals surface area contributed by atoms with Crippen LogP contribution in [-0.4, -0.2) is 25.1 Å². The molecule has 1 aliphatic rings. The van der Waals surface area contributed by atoms with Crippen LogP contribution in [0.3, 0.4) is 0 Å². The predicted octanol–water partition coefficient (Wildman–Crippen LogP) is 2.91. The van der Waals surface area contributed by atoms with Crippen LogP contribution in [0.4, 0.5) is 0 Å². The van der Waals surface area contributed by atoms with E-state index in [1.54, 1.807) is 0 Å². The molecule has 1 N–H and O–H groups in total. The Labute approximate surface area is 87.1 Å². The van der Waals surface area contributed by atoms with Gasteiger partial charge in [0.2, 0.25) is 0 Å². The fourth-order valence-electron chi connectivity index (χ4n) is 2.14. The minimum atomic E-state index is 0.624. The maximum atomic E-state index is 3.59. The van der Waals surface area contributed by atoms with Crippen molar-refractivity contribution in [2.75, 3.05) is 25.1 Å². The first kappa shape index (κ1) is 11.4. The molecule has 0 aromatic heterocycles. The lowest BCUT2D eigenvalue weighted by Gasteiger charge is -2.23. The molecule has 0 aromatic carbocycles. The van der Waals surface area contributed by atoms with Crippen LogP contribution in [0, 0.1) is 5.41 Å². The van der Waals surface area contributed by atoms with Gasteiger partial charge in [-0.3, -0.25) is 0 Å². The maximum absolute atomic E-state index is 3.59. The Bertz CT molecular complexity index is 130. The summed E-state index contributed by atoms with van der Waals surface area (Å²) in [6, 6.07) is 0. The Morgan fingerprint density at radius 2 is 2.00 bits per heavy atom. The van der Waals surface area contributed by atoms with E-state index in [1.807, 2.05) is 11.8 Å². The SMILES string of the molecule is CSCCCNCC1(C)CCCC1. The smallest absolute Gasteiger partial charge is 0.000516 e. The van der Waals surface area contributed by atoms with Crippen LogP contribution in [0.25, 0.3) is 0 Å². The highest BCUT2D eigenvalue weighted by molar-refractivity contribution is 7.98. The number of hydrogen-bond acceptors (Lipinski definition) is 2. The third-order valence-corrected chi connectivity index (χ3v) is 3.76. The maximum Gasteiger partial charge on any atom is 0.000516 e. The van der Waals surface area contributed by atoms with Gasteiger partial charge in [-0.2, -0.15) is 11.8 Å². The van der Waals surface area contributed by atoms with E-state index in [-0.39, 0.29) is 0 Å². The van der Waals surface area contributed by atoms with E-state index in [0.717, 1.165) is 0 Å². The van der Waals surface area contributed by atoms with Crippen LogP contribution in [0.1, 0.15) is 39.0 Å². The van der Waals surface area contributed by atoms with Crippen molar-refractivity contribution in [1.29, 1.82) is 0 Å². The Hall–Kier alpha value is 0.310. The fourth-order valence-corrected chi connectivity index (χ4v) is 2.57. The third-order valence-electron chi connectivity index (χ3n) is 3.06. The molecule has 0 radical (unpaired) electrons. The summed E-state index contributed by atoms with van der Waals surface area (Å²) < 4.78 is 0. The lowest BCUT2D eigenvalue weighted by molar-refractivity contribution is 0.316. The average Bonchev–Trinajstić information content (AvgIpc) is 2.53. The molecular weight excluding hydrogens is 178 g/mol. The summed E-state index contributed by atoms with van der Waals surface area (Å²) in [5, 5.41) is 3.59. The molecule has 0 aliphatic heterocycles. The van der Waals surface area contributed by atoms with Gasteiger partial charge < -0.3 is 5.32 Å². The van der Waals surface area contributed by atoms with E-state index < -0.39 is 0 Å². The van der Waals surface area contributed by atoms with Crippen LogP contribution >= 0.6 is 11.8 Å². The van der Waals surface area contributed by atoms with E-state index in [1.165, 1.54) is 50.9 Å². The zero-order valence-corrected chi connectivity index (χ0v) is 9.88. The van der Waals surface area contributed by atoms with Gasteiger partial charge in [-0.1, -0.05) is 19.8 Å². The zero-order valence-electron chi connectivity index (χ0n) is 9.07. The third kappa shape index (κ3) is 4.37. The second-order valence-electron chi connectivity index (χ2n) is 4.54. The number of rotatable bonds is 6. The minimum absolute atomic E-state index is 0.624. The standard InChI is InChI=1S/C11H23NS/c1-11(6-3-4-7-11)10-12-8-5-9-13-2/h12H,3-10H2,1-2H3. The second kappa shape index (κ2) is 5.92. The molecule has 0 aromatic rings. The van der Waals surface area contributed by atoms with Crippen molar-refractivity contribution >= 4 is 11.8 Å². The van der Waals surface area contributed by atoms with Gasteiger partial charge in [0.05, 0.1) is 0 Å². The number of hydrogen-bond donors (Lipinski definition) is 1. The second-order valence-corrected chi connectivity index (χ2v) is 5.53. The number of thioether (sulfide) groups is 1. The van der Waals surface area contributed by atoms with Crippen molar-refractivity contribution in [1.82, 2.24) is 5.32 Å². The van der Waals surface area contributed by atoms with E-state index in [4.69, 9.17) is 0 Å². The molecule has 1 nitrogen and oxygen atoms in total. The zero-order chi connectivity index (χ0) is 9.57. The molecule has 0 amide bonds. The lowest BCUT2D eigenvalue weighted by atomic mass is 9.89. The quantitative estimate of drug-likeness (QED) is 0.663. The molecule has 0 unspecified atom stereocenters. The van der Waals surface area contributed by atoms with Gasteiger partial charge in [-0.15, -0.1) is 0 Å². The molecule has 0 atom stereocenters. The fraction of sp³-hybridized carbons (Fsp3) is 1.00. The van der Waals surface area contributed by atoms with Crippen LogP contribution in [0.2, 0.25) is 0 Å². The van der Waals surface area contributed by atoms with Crippen LogP contribution < -0.4 is 5.32 Å². The van der Waals surface area contributed by atoms with Crippen molar-refractivity contribution in [2.24, 2.45) is 5.41 Å². The topological polar surface area (TPSA) is 12.0 Å². The van der Waals surface area contributed by atoms with Gasteiger partial charge in [0.25, 0.3) is 0 Å². The Kier molecular flexibility index (Phi) is 5.18. The summed E-state index contributed by atoms with van der Waals surface area (Å²) in [5.74, 6) is 1.30. The van der Waals surface area contributed by atoms with E-state index in [0.29, 0.717) is 5.41 Å². The minimum Gasteiger partial charge on any atom is -0.316 e. The first-order valence-electron chi connectivity index (χ1n) is 5.46. The average molecular weight is 201 g/mol. The van der Waals surface area contributed by atoms with E-state index >= 15 is 0 Å². The highest BCUT2D eigenvalue weighted by atomic mass is 32.2. The Morgan fingerprint density at radius 3 is 2.62 bits per heavy atom. The molecule has 0 saturated heterocycles. The van der Waals surface area contributed by atoms with Gasteiger partial charge in [0.15, 0.2) is 0 Å². The lowest BCUT2D eigenvalue weighted by Crippen LogP contribution is -2.30. The van der Waals surface area contributed by atoms with Crippen LogP contribution in [0.5, 0.6) is 0 Å². The molecular formula is C11H23NS. The van der Waals surface area contributed by atoms with Crippen molar-refractivity contribution in [2.45, 2.75) is 39.0 Å². The van der Waals surface area contributed by atoms with Crippen molar-refractivity contribution in [3.63, 3.8) is 0 Å². The van der Waals surface area contributed by atoms with E-state index in [2.05, 4.69) is 18.5 Å². The highest BCUT2D eigenvalue weighted by Gasteiger charge is 2.27. The van der Waals surface area contributed by atoms with Crippen molar-refractivity contribution < 1.29 is 0 Å². The van der Waals surface area contributed by atoms with Gasteiger partial charge in [-0.05, 0) is 43.2 Å². The van der Waals surface area contributed by atoms with Crippen LogP contribution in [-0.2, 0) is 0 Å². The molecule has 2 heteroatoms. The molecule has 78 valence electrons. The molecule has 13 heavy (non-hydrogen) atoms. The first-order valence-corrected chi connectivity index (χ1v) is 6.86. The van der Waals surface area contributed by atoms with Crippen molar-refractivity contribution in [3.8, 4) is 0 Å². The summed E-state index contributed by atoms with van der Waals surface area (Å²) in [7, 11) is 0. The predicted molar refractivity (Wildman–Crippen MR) is 62.4 cm³/mol. The van der Waals surface area contributed by atoms with Gasteiger partial charge >= 0.3 is 0 Å². The normalized spacial score (nSPS) is 20.8. The summed E-state index contributed by atoms with van der Waals surface area (Å²) in [6.45, 7) is 4.87.